The quantitative estimate of drug-likeness (QED) is 0.809. The summed E-state index contributed by atoms with van der Waals surface area (Å²) in [4.78, 5) is 3.96. The molecule has 2 heterocycles. The fourth-order valence-electron chi connectivity index (χ4n) is 1.49. The number of methoxy groups -OCH3 is 1. The molecular formula is C11H9F3N2O. The van der Waals surface area contributed by atoms with Gasteiger partial charge in [-0.05, 0) is 0 Å². The molecule has 2 rings (SSSR count). The molecule has 0 bridgehead atoms. The van der Waals surface area contributed by atoms with Gasteiger partial charge >= 0.3 is 6.18 Å². The highest BCUT2D eigenvalue weighted by Gasteiger charge is 2.34. The van der Waals surface area contributed by atoms with Gasteiger partial charge in [0.25, 0.3) is 0 Å². The van der Waals surface area contributed by atoms with Gasteiger partial charge in [-0.1, -0.05) is 6.58 Å². The van der Waals surface area contributed by atoms with Gasteiger partial charge in [0.15, 0.2) is 0 Å². The van der Waals surface area contributed by atoms with Crippen LogP contribution in [0, 0.1) is 0 Å². The Kier molecular flexibility index (Phi) is 2.57. The number of imidazole rings is 1. The van der Waals surface area contributed by atoms with E-state index in [1.807, 2.05) is 0 Å². The molecule has 90 valence electrons. The molecular weight excluding hydrogens is 233 g/mol. The smallest absolute Gasteiger partial charge is 0.416 e. The summed E-state index contributed by atoms with van der Waals surface area (Å²) in [7, 11) is 1.31. The number of pyridine rings is 1. The molecule has 0 saturated heterocycles. The number of fused-ring (bicyclic) bond motifs is 1. The van der Waals surface area contributed by atoms with Crippen molar-refractivity contribution in [2.75, 3.05) is 7.11 Å². The molecule has 3 nitrogen and oxygen atoms in total. The molecule has 0 aliphatic carbocycles. The topological polar surface area (TPSA) is 26.5 Å². The average Bonchev–Trinajstić information content (AvgIpc) is 2.71. The van der Waals surface area contributed by atoms with Gasteiger partial charge in [-0.3, -0.25) is 0 Å². The Morgan fingerprint density at radius 3 is 2.76 bits per heavy atom. The number of hydrogen-bond acceptors (Lipinski definition) is 2. The first-order valence-electron chi connectivity index (χ1n) is 4.70. The van der Waals surface area contributed by atoms with Crippen molar-refractivity contribution in [3.8, 4) is 5.75 Å². The maximum atomic E-state index is 12.6. The van der Waals surface area contributed by atoms with E-state index in [1.54, 1.807) is 6.20 Å². The third-order valence-corrected chi connectivity index (χ3v) is 2.38. The average molecular weight is 242 g/mol. The molecule has 0 aliphatic rings. The van der Waals surface area contributed by atoms with Crippen molar-refractivity contribution in [3.05, 3.63) is 36.8 Å². The minimum atomic E-state index is -4.48. The molecule has 0 spiro atoms. The van der Waals surface area contributed by atoms with Crippen molar-refractivity contribution >= 4 is 11.2 Å². The van der Waals surface area contributed by atoms with Crippen LogP contribution in [0.2, 0.25) is 0 Å². The standard InChI is InChI=1S/C11H9F3N2O/c1-7(11(12,13)14)8-6-16-4-3-15-10(16)5-9(8)17-2/h3-6H,1H2,2H3. The van der Waals surface area contributed by atoms with E-state index < -0.39 is 11.7 Å². The van der Waals surface area contributed by atoms with Crippen LogP contribution < -0.4 is 4.74 Å². The molecule has 0 fully saturated rings. The zero-order chi connectivity index (χ0) is 12.6. The fraction of sp³-hybridized carbons (Fsp3) is 0.182. The third kappa shape index (κ3) is 1.98. The number of hydrogen-bond donors (Lipinski definition) is 0. The van der Waals surface area contributed by atoms with Gasteiger partial charge < -0.3 is 9.14 Å². The van der Waals surface area contributed by atoms with E-state index in [0.29, 0.717) is 5.65 Å². The van der Waals surface area contributed by atoms with Crippen LogP contribution in [0.4, 0.5) is 13.2 Å². The van der Waals surface area contributed by atoms with Crippen LogP contribution in [-0.2, 0) is 0 Å². The largest absolute Gasteiger partial charge is 0.496 e. The van der Waals surface area contributed by atoms with E-state index in [1.165, 1.54) is 30.0 Å². The number of alkyl halides is 3. The first kappa shape index (κ1) is 11.5. The lowest BCUT2D eigenvalue weighted by molar-refractivity contribution is -0.0688. The van der Waals surface area contributed by atoms with Gasteiger partial charge in [0.1, 0.15) is 11.4 Å². The van der Waals surface area contributed by atoms with E-state index >= 15 is 0 Å². The summed E-state index contributed by atoms with van der Waals surface area (Å²) < 4.78 is 44.2. The highest BCUT2D eigenvalue weighted by molar-refractivity contribution is 5.73. The third-order valence-electron chi connectivity index (χ3n) is 2.38. The first-order chi connectivity index (χ1) is 7.93. The van der Waals surface area contributed by atoms with Gasteiger partial charge in [0.2, 0.25) is 0 Å². The lowest BCUT2D eigenvalue weighted by Crippen LogP contribution is -2.11. The predicted octanol–water partition coefficient (Wildman–Crippen LogP) is 2.92. The van der Waals surface area contributed by atoms with Crippen molar-refractivity contribution in [1.29, 1.82) is 0 Å². The highest BCUT2D eigenvalue weighted by atomic mass is 19.4. The van der Waals surface area contributed by atoms with Crippen molar-refractivity contribution in [3.63, 3.8) is 0 Å². The summed E-state index contributed by atoms with van der Waals surface area (Å²) in [5.74, 6) is 0.103. The van der Waals surface area contributed by atoms with E-state index in [-0.39, 0.29) is 11.3 Å². The zero-order valence-electron chi connectivity index (χ0n) is 8.95. The summed E-state index contributed by atoms with van der Waals surface area (Å²) in [5.41, 5.74) is -0.518. The minimum absolute atomic E-state index is 0.0921. The van der Waals surface area contributed by atoms with E-state index in [9.17, 15) is 13.2 Å². The SMILES string of the molecule is C=C(c1cn2ccnc2cc1OC)C(F)(F)F. The summed E-state index contributed by atoms with van der Waals surface area (Å²) in [6.45, 7) is 3.06. The Hall–Kier alpha value is -1.98. The van der Waals surface area contributed by atoms with E-state index in [4.69, 9.17) is 4.74 Å². The Morgan fingerprint density at radius 2 is 2.18 bits per heavy atom. The second kappa shape index (κ2) is 3.80. The van der Waals surface area contributed by atoms with Crippen LogP contribution in [-0.4, -0.2) is 22.7 Å². The molecule has 0 N–H and O–H groups in total. The van der Waals surface area contributed by atoms with Crippen molar-refractivity contribution in [2.24, 2.45) is 0 Å². The summed E-state index contributed by atoms with van der Waals surface area (Å²) >= 11 is 0. The molecule has 0 saturated carbocycles. The van der Waals surface area contributed by atoms with Crippen molar-refractivity contribution in [2.45, 2.75) is 6.18 Å². The fourth-order valence-corrected chi connectivity index (χ4v) is 1.49. The molecule has 0 amide bonds. The van der Waals surface area contributed by atoms with Crippen LogP contribution in [0.3, 0.4) is 0 Å². The maximum Gasteiger partial charge on any atom is 0.416 e. The van der Waals surface area contributed by atoms with Crippen molar-refractivity contribution in [1.82, 2.24) is 9.38 Å². The second-order valence-electron chi connectivity index (χ2n) is 3.42. The monoisotopic (exact) mass is 242 g/mol. The number of rotatable bonds is 2. The minimum Gasteiger partial charge on any atom is -0.496 e. The lowest BCUT2D eigenvalue weighted by Gasteiger charge is -2.14. The van der Waals surface area contributed by atoms with E-state index in [0.717, 1.165) is 0 Å². The van der Waals surface area contributed by atoms with Gasteiger partial charge in [-0.15, -0.1) is 0 Å². The number of aromatic nitrogens is 2. The first-order valence-corrected chi connectivity index (χ1v) is 4.70. The van der Waals surface area contributed by atoms with Crippen LogP contribution in [0.25, 0.3) is 11.2 Å². The van der Waals surface area contributed by atoms with Crippen LogP contribution in [0.5, 0.6) is 5.75 Å². The molecule has 17 heavy (non-hydrogen) atoms. The molecule has 2 aromatic rings. The van der Waals surface area contributed by atoms with Crippen LogP contribution >= 0.6 is 0 Å². The maximum absolute atomic E-state index is 12.6. The second-order valence-corrected chi connectivity index (χ2v) is 3.42. The van der Waals surface area contributed by atoms with Crippen LogP contribution in [0.1, 0.15) is 5.56 Å². The molecule has 0 atom stereocenters. The van der Waals surface area contributed by atoms with E-state index in [2.05, 4.69) is 11.6 Å². The van der Waals surface area contributed by atoms with Crippen molar-refractivity contribution < 1.29 is 17.9 Å². The normalized spacial score (nSPS) is 11.8. The summed E-state index contributed by atoms with van der Waals surface area (Å²) in [6, 6.07) is 1.44. The number of ether oxygens (including phenoxy) is 1. The van der Waals surface area contributed by atoms with Gasteiger partial charge in [0.05, 0.1) is 12.7 Å². The lowest BCUT2D eigenvalue weighted by atomic mass is 10.1. The predicted molar refractivity (Wildman–Crippen MR) is 56.8 cm³/mol. The number of halogens is 3. The van der Waals surface area contributed by atoms with Gasteiger partial charge in [0, 0.05) is 30.2 Å². The molecule has 0 radical (unpaired) electrons. The van der Waals surface area contributed by atoms with Gasteiger partial charge in [-0.25, -0.2) is 4.98 Å². The number of allylic oxidation sites excluding steroid dienone is 1. The molecule has 6 heteroatoms. The molecule has 0 aliphatic heterocycles. The number of nitrogens with zero attached hydrogens (tertiary/aromatic N) is 2. The summed E-state index contributed by atoms with van der Waals surface area (Å²) in [5, 5.41) is 0. The Balaban J connectivity index is 2.62. The zero-order valence-corrected chi connectivity index (χ0v) is 8.95. The Labute approximate surface area is 95.1 Å². The molecule has 0 unspecified atom stereocenters. The summed E-state index contributed by atoms with van der Waals surface area (Å²) in [6.07, 6.45) is -0.130. The Morgan fingerprint density at radius 1 is 1.47 bits per heavy atom. The van der Waals surface area contributed by atoms with Gasteiger partial charge in [-0.2, -0.15) is 13.2 Å². The highest BCUT2D eigenvalue weighted by Crippen LogP contribution is 2.37. The molecule has 2 aromatic heterocycles. The molecule has 0 aromatic carbocycles. The Bertz CT molecular complexity index is 572. The van der Waals surface area contributed by atoms with Crippen LogP contribution in [0.15, 0.2) is 31.2 Å².